The van der Waals surface area contributed by atoms with E-state index in [1.54, 1.807) is 0 Å². The normalized spacial score (nSPS) is 21.3. The summed E-state index contributed by atoms with van der Waals surface area (Å²) in [6, 6.07) is 8.94. The average Bonchev–Trinajstić information content (AvgIpc) is 2.53. The molecule has 0 bridgehead atoms. The van der Waals surface area contributed by atoms with Crippen molar-refractivity contribution in [2.75, 3.05) is 26.2 Å². The van der Waals surface area contributed by atoms with Crippen LogP contribution in [0.25, 0.3) is 0 Å². The van der Waals surface area contributed by atoms with E-state index in [4.69, 9.17) is 0 Å². The van der Waals surface area contributed by atoms with Crippen LogP contribution in [0.5, 0.6) is 0 Å². The average molecular weight is 331 g/mol. The molecule has 0 radical (unpaired) electrons. The highest BCUT2D eigenvalue weighted by Crippen LogP contribution is 2.22. The van der Waals surface area contributed by atoms with E-state index in [0.717, 1.165) is 37.4 Å². The van der Waals surface area contributed by atoms with E-state index >= 15 is 0 Å². The van der Waals surface area contributed by atoms with E-state index < -0.39 is 0 Å². The predicted octanol–water partition coefficient (Wildman–Crippen LogP) is 3.24. The minimum atomic E-state index is 0.716. The summed E-state index contributed by atoms with van der Waals surface area (Å²) in [7, 11) is 0. The maximum atomic E-state index is 4.62. The van der Waals surface area contributed by atoms with Crippen molar-refractivity contribution in [3.8, 4) is 0 Å². The van der Waals surface area contributed by atoms with Gasteiger partial charge in [0.05, 0.1) is 6.54 Å². The van der Waals surface area contributed by atoms with Crippen molar-refractivity contribution in [3.05, 3.63) is 35.4 Å². The highest BCUT2D eigenvalue weighted by atomic mass is 15.2. The Balaban J connectivity index is 1.89. The van der Waals surface area contributed by atoms with Gasteiger partial charge in [0.25, 0.3) is 0 Å². The molecule has 1 aromatic carbocycles. The van der Waals surface area contributed by atoms with Gasteiger partial charge in [-0.15, -0.1) is 0 Å². The third-order valence-corrected chi connectivity index (χ3v) is 4.48. The Morgan fingerprint density at radius 1 is 1.00 bits per heavy atom. The van der Waals surface area contributed by atoms with Crippen LogP contribution in [0.15, 0.2) is 29.3 Å². The van der Waals surface area contributed by atoms with Crippen molar-refractivity contribution in [2.45, 2.75) is 47.2 Å². The molecule has 24 heavy (non-hydrogen) atoms. The molecule has 1 fully saturated rings. The van der Waals surface area contributed by atoms with Gasteiger partial charge in [-0.2, -0.15) is 0 Å². The molecular weight excluding hydrogens is 296 g/mol. The Bertz CT molecular complexity index is 491. The summed E-state index contributed by atoms with van der Waals surface area (Å²) in [4.78, 5) is 7.22. The quantitative estimate of drug-likeness (QED) is 0.621. The van der Waals surface area contributed by atoms with E-state index in [9.17, 15) is 0 Å². The number of guanidine groups is 1. The summed E-state index contributed by atoms with van der Waals surface area (Å²) in [5.41, 5.74) is 2.66. The smallest absolute Gasteiger partial charge is 0.191 e. The van der Waals surface area contributed by atoms with Gasteiger partial charge in [-0.1, -0.05) is 38.1 Å². The number of likely N-dealkylation sites (tertiary alicyclic amines) is 1. The number of hydrogen-bond acceptors (Lipinski definition) is 2. The van der Waals surface area contributed by atoms with Crippen LogP contribution >= 0.6 is 0 Å². The molecule has 1 heterocycles. The first-order chi connectivity index (χ1) is 11.6. The summed E-state index contributed by atoms with van der Waals surface area (Å²) in [5, 5.41) is 6.52. The molecule has 134 valence electrons. The van der Waals surface area contributed by atoms with E-state index in [1.165, 1.54) is 30.6 Å². The minimum absolute atomic E-state index is 0.716. The Hall–Kier alpha value is -1.55. The highest BCUT2D eigenvalue weighted by Gasteiger charge is 2.21. The van der Waals surface area contributed by atoms with E-state index in [-0.39, 0.29) is 0 Å². The second-order valence-corrected chi connectivity index (χ2v) is 7.18. The van der Waals surface area contributed by atoms with Crippen LogP contribution in [0, 0.1) is 11.8 Å². The summed E-state index contributed by atoms with van der Waals surface area (Å²) in [6.07, 6.45) is 1.37. The van der Waals surface area contributed by atoms with Crippen LogP contribution in [0.1, 0.15) is 45.2 Å². The van der Waals surface area contributed by atoms with E-state index in [1.807, 2.05) is 0 Å². The number of aliphatic imine (C=N–C) groups is 1. The van der Waals surface area contributed by atoms with Crippen LogP contribution in [0.2, 0.25) is 0 Å². The fourth-order valence-electron chi connectivity index (χ4n) is 3.61. The molecule has 1 aliphatic rings. The Labute approximate surface area is 147 Å². The molecule has 2 N–H and O–H groups in total. The predicted molar refractivity (Wildman–Crippen MR) is 103 cm³/mol. The van der Waals surface area contributed by atoms with Crippen molar-refractivity contribution in [1.29, 1.82) is 0 Å². The number of hydrogen-bond donors (Lipinski definition) is 2. The lowest BCUT2D eigenvalue weighted by Crippen LogP contribution is -2.38. The van der Waals surface area contributed by atoms with Gasteiger partial charge in [0.1, 0.15) is 0 Å². The monoisotopic (exact) mass is 330 g/mol. The van der Waals surface area contributed by atoms with E-state index in [0.29, 0.717) is 6.54 Å². The van der Waals surface area contributed by atoms with Crippen LogP contribution in [0.3, 0.4) is 0 Å². The molecule has 2 unspecified atom stereocenters. The van der Waals surface area contributed by atoms with Crippen LogP contribution in [0.4, 0.5) is 0 Å². The zero-order valence-corrected chi connectivity index (χ0v) is 15.8. The molecule has 0 aliphatic carbocycles. The molecule has 4 heteroatoms. The highest BCUT2D eigenvalue weighted by molar-refractivity contribution is 5.79. The largest absolute Gasteiger partial charge is 0.357 e. The molecule has 0 spiro atoms. The molecular formula is C20H34N4. The standard InChI is InChI=1S/C20H34N4/c1-5-21-20(22-6-2)23-12-18-7-9-19(10-8-18)15-24-13-16(3)11-17(4)14-24/h7-10,16-17H,5-6,11-15H2,1-4H3,(H2,21,22,23). The van der Waals surface area contributed by atoms with Crippen LogP contribution < -0.4 is 10.6 Å². The summed E-state index contributed by atoms with van der Waals surface area (Å²) in [6.45, 7) is 14.9. The maximum Gasteiger partial charge on any atom is 0.191 e. The SMILES string of the molecule is CCNC(=NCc1ccc(CN2CC(C)CC(C)C2)cc1)NCC. The Kier molecular flexibility index (Phi) is 7.57. The van der Waals surface area contributed by atoms with Gasteiger partial charge < -0.3 is 10.6 Å². The zero-order valence-electron chi connectivity index (χ0n) is 15.8. The molecule has 0 saturated carbocycles. The molecule has 2 atom stereocenters. The first-order valence-electron chi connectivity index (χ1n) is 9.43. The summed E-state index contributed by atoms with van der Waals surface area (Å²) >= 11 is 0. The number of benzene rings is 1. The molecule has 0 aromatic heterocycles. The van der Waals surface area contributed by atoms with Crippen molar-refractivity contribution in [3.63, 3.8) is 0 Å². The lowest BCUT2D eigenvalue weighted by Gasteiger charge is -2.35. The van der Waals surface area contributed by atoms with Gasteiger partial charge in [-0.3, -0.25) is 4.90 Å². The van der Waals surface area contributed by atoms with Crippen molar-refractivity contribution in [1.82, 2.24) is 15.5 Å². The topological polar surface area (TPSA) is 39.7 Å². The fourth-order valence-corrected chi connectivity index (χ4v) is 3.61. The Morgan fingerprint density at radius 3 is 2.08 bits per heavy atom. The number of nitrogens with one attached hydrogen (secondary N) is 2. The van der Waals surface area contributed by atoms with Crippen molar-refractivity contribution >= 4 is 5.96 Å². The lowest BCUT2D eigenvalue weighted by molar-refractivity contribution is 0.134. The molecule has 0 amide bonds. The van der Waals surface area contributed by atoms with Crippen molar-refractivity contribution < 1.29 is 0 Å². The minimum Gasteiger partial charge on any atom is -0.357 e. The molecule has 2 rings (SSSR count). The lowest BCUT2D eigenvalue weighted by atomic mass is 9.91. The fraction of sp³-hybridized carbons (Fsp3) is 0.650. The number of piperidine rings is 1. The third kappa shape index (κ3) is 6.16. The number of rotatable bonds is 6. The van der Waals surface area contributed by atoms with Gasteiger partial charge in [0.2, 0.25) is 0 Å². The summed E-state index contributed by atoms with van der Waals surface area (Å²) < 4.78 is 0. The van der Waals surface area contributed by atoms with Crippen molar-refractivity contribution in [2.24, 2.45) is 16.8 Å². The second-order valence-electron chi connectivity index (χ2n) is 7.18. The molecule has 1 saturated heterocycles. The first kappa shape index (κ1) is 18.8. The van der Waals surface area contributed by atoms with Gasteiger partial charge in [-0.25, -0.2) is 4.99 Å². The van der Waals surface area contributed by atoms with Crippen LogP contribution in [-0.2, 0) is 13.1 Å². The van der Waals surface area contributed by atoms with Crippen LogP contribution in [-0.4, -0.2) is 37.0 Å². The van der Waals surface area contributed by atoms with Gasteiger partial charge in [0, 0.05) is 32.7 Å². The number of nitrogens with zero attached hydrogens (tertiary/aromatic N) is 2. The van der Waals surface area contributed by atoms with Gasteiger partial charge in [0.15, 0.2) is 5.96 Å². The summed E-state index contributed by atoms with van der Waals surface area (Å²) in [5.74, 6) is 2.52. The zero-order chi connectivity index (χ0) is 17.4. The molecule has 1 aliphatic heterocycles. The maximum absolute atomic E-state index is 4.62. The third-order valence-electron chi connectivity index (χ3n) is 4.48. The van der Waals surface area contributed by atoms with Gasteiger partial charge in [-0.05, 0) is 43.2 Å². The van der Waals surface area contributed by atoms with E-state index in [2.05, 4.69) is 72.5 Å². The van der Waals surface area contributed by atoms with Gasteiger partial charge >= 0.3 is 0 Å². The Morgan fingerprint density at radius 2 is 1.54 bits per heavy atom. The molecule has 4 nitrogen and oxygen atoms in total. The first-order valence-corrected chi connectivity index (χ1v) is 9.43. The second kappa shape index (κ2) is 9.67. The molecule has 1 aromatic rings.